The highest BCUT2D eigenvalue weighted by molar-refractivity contribution is 7.21. The molecule has 0 radical (unpaired) electrons. The lowest BCUT2D eigenvalue weighted by atomic mass is 9.47. The Bertz CT molecular complexity index is 1580. The first-order valence-corrected chi connectivity index (χ1v) is 15.1. The number of ether oxygens (including phenoxy) is 1. The van der Waals surface area contributed by atoms with Crippen LogP contribution in [0.1, 0.15) is 48.8 Å². The minimum atomic E-state index is -1.08. The van der Waals surface area contributed by atoms with Gasteiger partial charge in [0.2, 0.25) is 0 Å². The van der Waals surface area contributed by atoms with Gasteiger partial charge in [-0.05, 0) is 91.2 Å². The Balaban J connectivity index is 1.29. The van der Waals surface area contributed by atoms with Gasteiger partial charge < -0.3 is 9.84 Å². The summed E-state index contributed by atoms with van der Waals surface area (Å²) in [6, 6.07) is 16.1. The smallest absolute Gasteiger partial charge is 0.261 e. The van der Waals surface area contributed by atoms with Crippen molar-refractivity contribution in [2.45, 2.75) is 43.5 Å². The summed E-state index contributed by atoms with van der Waals surface area (Å²) >= 11 is 1.58. The highest BCUT2D eigenvalue weighted by atomic mass is 32.1. The molecule has 2 aromatic carbocycles. The Morgan fingerprint density at radius 1 is 0.975 bits per heavy atom. The van der Waals surface area contributed by atoms with Crippen molar-refractivity contribution in [3.05, 3.63) is 77.6 Å². The number of aromatic nitrogens is 2. The van der Waals surface area contributed by atoms with E-state index in [1.807, 2.05) is 54.3 Å². The van der Waals surface area contributed by atoms with E-state index in [-0.39, 0.29) is 5.75 Å². The van der Waals surface area contributed by atoms with Crippen LogP contribution in [-0.4, -0.2) is 22.8 Å². The quantitative estimate of drug-likeness (QED) is 0.222. The van der Waals surface area contributed by atoms with E-state index >= 15 is 0 Å². The number of nitrogens with zero attached hydrogens (tertiary/aromatic N) is 2. The molecule has 6 nitrogen and oxygen atoms in total. The predicted octanol–water partition coefficient (Wildman–Crippen LogP) is 6.62. The first kappa shape index (κ1) is 24.7. The molecule has 7 heteroatoms. The van der Waals surface area contributed by atoms with Gasteiger partial charge in [0.1, 0.15) is 17.8 Å². The Hall–Kier alpha value is -3.10. The summed E-state index contributed by atoms with van der Waals surface area (Å²) in [7, 11) is 3.73. The zero-order valence-electron chi connectivity index (χ0n) is 22.7. The molecule has 1 N–H and O–H groups in total. The molecule has 40 heavy (non-hydrogen) atoms. The van der Waals surface area contributed by atoms with Crippen LogP contribution in [0.15, 0.2) is 60.9 Å². The van der Waals surface area contributed by atoms with Crippen molar-refractivity contribution in [1.82, 2.24) is 4.98 Å². The molecule has 4 aromatic rings. The van der Waals surface area contributed by atoms with Gasteiger partial charge in [0.25, 0.3) is 5.79 Å². The van der Waals surface area contributed by atoms with Crippen LogP contribution < -0.4 is 4.57 Å². The Labute approximate surface area is 237 Å². The second kappa shape index (κ2) is 8.95. The molecule has 4 bridgehead atoms. The molecule has 1 saturated heterocycles. The molecule has 2 aromatic heterocycles. The van der Waals surface area contributed by atoms with Gasteiger partial charge in [-0.25, -0.2) is 14.4 Å². The monoisotopic (exact) mass is 553 g/mol. The molecule has 4 saturated carbocycles. The fraction of sp³-hybridized carbons (Fsp3) is 0.394. The van der Waals surface area contributed by atoms with E-state index in [0.717, 1.165) is 69.4 Å². The van der Waals surface area contributed by atoms with Crippen molar-refractivity contribution in [2.75, 3.05) is 7.11 Å². The van der Waals surface area contributed by atoms with Crippen LogP contribution in [0.25, 0.3) is 32.9 Å². The molecule has 9 rings (SSSR count). The van der Waals surface area contributed by atoms with Crippen LogP contribution in [0.2, 0.25) is 0 Å². The molecule has 3 heterocycles. The van der Waals surface area contributed by atoms with Crippen molar-refractivity contribution in [2.24, 2.45) is 30.7 Å². The lowest BCUT2D eigenvalue weighted by Gasteiger charge is -2.68. The van der Waals surface area contributed by atoms with E-state index in [1.165, 1.54) is 6.42 Å². The van der Waals surface area contributed by atoms with Gasteiger partial charge in [0.05, 0.1) is 15.8 Å². The number of fused-ring (bicyclic) bond motifs is 1. The maximum absolute atomic E-state index is 11.5. The maximum Gasteiger partial charge on any atom is 0.261 e. The molecule has 204 valence electrons. The summed E-state index contributed by atoms with van der Waals surface area (Å²) in [4.78, 5) is 17.2. The number of benzene rings is 2. The van der Waals surface area contributed by atoms with Crippen molar-refractivity contribution in [1.29, 1.82) is 0 Å². The number of rotatable bonds is 5. The van der Waals surface area contributed by atoms with E-state index in [1.54, 1.807) is 18.4 Å². The topological polar surface area (TPSA) is 64.7 Å². The van der Waals surface area contributed by atoms with Crippen LogP contribution >= 0.6 is 11.3 Å². The van der Waals surface area contributed by atoms with E-state index in [9.17, 15) is 5.11 Å². The molecule has 4 aliphatic carbocycles. The number of hydrogen-bond acceptors (Lipinski definition) is 6. The highest BCUT2D eigenvalue weighted by Gasteiger charge is 2.76. The normalized spacial score (nSPS) is 32.4. The first-order valence-electron chi connectivity index (χ1n) is 14.3. The Morgan fingerprint density at radius 3 is 2.35 bits per heavy atom. The summed E-state index contributed by atoms with van der Waals surface area (Å²) < 4.78 is 9.50. The second-order valence-corrected chi connectivity index (χ2v) is 13.2. The first-order chi connectivity index (χ1) is 19.5. The van der Waals surface area contributed by atoms with Gasteiger partial charge in [-0.2, -0.15) is 4.89 Å². The molecule has 1 spiro atoms. The molecule has 5 fully saturated rings. The van der Waals surface area contributed by atoms with Gasteiger partial charge >= 0.3 is 0 Å². The summed E-state index contributed by atoms with van der Waals surface area (Å²) in [6.45, 7) is 0. The van der Waals surface area contributed by atoms with E-state index in [2.05, 4.69) is 30.4 Å². The Morgan fingerprint density at radius 2 is 1.70 bits per heavy atom. The molecule has 0 amide bonds. The predicted molar refractivity (Wildman–Crippen MR) is 154 cm³/mol. The maximum atomic E-state index is 11.5. The zero-order valence-corrected chi connectivity index (χ0v) is 23.6. The van der Waals surface area contributed by atoms with E-state index < -0.39 is 11.4 Å². The number of pyridine rings is 1. The number of aryl methyl sites for hydroxylation is 1. The third-order valence-corrected chi connectivity index (χ3v) is 11.0. The van der Waals surface area contributed by atoms with Crippen LogP contribution in [0.5, 0.6) is 5.75 Å². The lowest BCUT2D eigenvalue weighted by molar-refractivity contribution is -0.671. The number of hydrogen-bond donors (Lipinski definition) is 1. The van der Waals surface area contributed by atoms with Crippen LogP contribution in [0.3, 0.4) is 0 Å². The van der Waals surface area contributed by atoms with Gasteiger partial charge in [-0.1, -0.05) is 24.3 Å². The van der Waals surface area contributed by atoms with Gasteiger partial charge in [-0.15, -0.1) is 11.3 Å². The summed E-state index contributed by atoms with van der Waals surface area (Å²) in [5.41, 5.74) is 3.92. The molecule has 5 aliphatic rings. The van der Waals surface area contributed by atoms with Gasteiger partial charge in [0.15, 0.2) is 18.0 Å². The third kappa shape index (κ3) is 3.44. The number of para-hydroxylation sites is 1. The Kier molecular flexibility index (Phi) is 5.52. The summed E-state index contributed by atoms with van der Waals surface area (Å²) in [5.74, 6) is 1.41. The average molecular weight is 554 g/mol. The molecule has 1 atom stereocenters. The zero-order chi connectivity index (χ0) is 27.1. The van der Waals surface area contributed by atoms with Gasteiger partial charge in [-0.3, -0.25) is 0 Å². The average Bonchev–Trinajstić information content (AvgIpc) is 3.37. The van der Waals surface area contributed by atoms with Gasteiger partial charge in [0, 0.05) is 24.8 Å². The highest BCUT2D eigenvalue weighted by Crippen LogP contribution is 2.69. The van der Waals surface area contributed by atoms with Crippen LogP contribution in [0.4, 0.5) is 0 Å². The number of phenols is 1. The number of thiazole rings is 1. The van der Waals surface area contributed by atoms with Crippen molar-refractivity contribution in [3.8, 4) is 16.3 Å². The molecular formula is C33H33N2O4S+. The minimum Gasteiger partial charge on any atom is -0.507 e. The van der Waals surface area contributed by atoms with Crippen LogP contribution in [0, 0.1) is 23.7 Å². The van der Waals surface area contributed by atoms with E-state index in [0.29, 0.717) is 17.4 Å². The van der Waals surface area contributed by atoms with Crippen LogP contribution in [-0.2, 0) is 27.3 Å². The number of aromatic hydroxyl groups is 1. The molecule has 1 aliphatic heterocycles. The lowest BCUT2D eigenvalue weighted by Crippen LogP contribution is -2.76. The standard InChI is InChI=1S/C33H32N2O4S/c1-35-11-9-20(10-12-35)7-8-23-18-26(31-34-28-5-3-4-6-30(28)40-31)29(36)19-27(23)33(37-2)32(38-39-33)24-14-21-13-22(16-24)17-25(32)15-21/h3-12,18-19,21-22,24-25H,13-17H2,1-2H3/p+1. The summed E-state index contributed by atoms with van der Waals surface area (Å²) in [5, 5.41) is 12.3. The fourth-order valence-corrected chi connectivity index (χ4v) is 9.32. The third-order valence-electron chi connectivity index (χ3n) is 9.96. The second-order valence-electron chi connectivity index (χ2n) is 12.2. The van der Waals surface area contributed by atoms with Crippen molar-refractivity contribution < 1.29 is 24.2 Å². The molecular weight excluding hydrogens is 520 g/mol. The number of methoxy groups -OCH3 is 1. The van der Waals surface area contributed by atoms with Crippen molar-refractivity contribution >= 4 is 33.7 Å². The number of phenolic OH excluding ortho intramolecular Hbond substituents is 1. The largest absolute Gasteiger partial charge is 0.507 e. The van der Waals surface area contributed by atoms with Crippen molar-refractivity contribution in [3.63, 3.8) is 0 Å². The summed E-state index contributed by atoms with van der Waals surface area (Å²) in [6.07, 6.45) is 14.3. The fourth-order valence-electron chi connectivity index (χ4n) is 8.33. The molecule has 1 unspecified atom stereocenters. The minimum absolute atomic E-state index is 0.170. The van der Waals surface area contributed by atoms with E-state index in [4.69, 9.17) is 19.5 Å². The SMILES string of the molecule is COC1(c2cc(O)c(-c3nc4ccccc4s3)cc2/C=C/c2cc[n+](C)cc2)OOC12C1CC3CC(C1)CC2C3.